The second-order valence-electron chi connectivity index (χ2n) is 11.1. The molecule has 0 saturated carbocycles. The molecule has 7 heterocycles. The van der Waals surface area contributed by atoms with Crippen LogP contribution in [0.25, 0.3) is 89.6 Å². The maximum absolute atomic E-state index is 5.98. The normalized spacial score (nSPS) is 12.2. The van der Waals surface area contributed by atoms with Crippen LogP contribution in [0.4, 0.5) is 0 Å². The molecule has 2 aliphatic heterocycles. The fourth-order valence-corrected chi connectivity index (χ4v) is 7.41. The highest BCUT2D eigenvalue weighted by Gasteiger charge is 2.20. The van der Waals surface area contributed by atoms with Crippen molar-refractivity contribution in [3.05, 3.63) is 144 Å². The maximum Gasteiger partial charge on any atom is 0.138 e. The van der Waals surface area contributed by atoms with Crippen molar-refractivity contribution in [1.82, 2.24) is 15.0 Å². The van der Waals surface area contributed by atoms with E-state index in [1.165, 1.54) is 0 Å². The first kappa shape index (κ1) is 26.4. The molecular weight excluding hydrogens is 587 g/mol. The Balaban J connectivity index is 1.49. The molecule has 0 unspecified atom stereocenters. The summed E-state index contributed by atoms with van der Waals surface area (Å²) in [4.78, 5) is 14.2. The summed E-state index contributed by atoms with van der Waals surface area (Å²) in [5.41, 5.74) is 11.3. The second-order valence-corrected chi connectivity index (χ2v) is 12.2. The number of aromatic amines is 1. The average molecular weight is 612 g/mol. The molecule has 0 saturated heterocycles. The van der Waals surface area contributed by atoms with Crippen LogP contribution >= 0.6 is 11.3 Å². The molecule has 46 heavy (non-hydrogen) atoms. The third-order valence-electron chi connectivity index (χ3n) is 8.29. The fourth-order valence-electron chi connectivity index (χ4n) is 6.25. The monoisotopic (exact) mass is 611 g/mol. The quantitative estimate of drug-likeness (QED) is 0.215. The van der Waals surface area contributed by atoms with E-state index in [1.54, 1.807) is 23.9 Å². The average Bonchev–Trinajstić information content (AvgIpc) is 3.93. The van der Waals surface area contributed by atoms with Gasteiger partial charge in [0.2, 0.25) is 0 Å². The zero-order valence-corrected chi connectivity index (χ0v) is 25.3. The van der Waals surface area contributed by atoms with Gasteiger partial charge in [-0.25, -0.2) is 9.97 Å². The summed E-state index contributed by atoms with van der Waals surface area (Å²) >= 11 is 1.75. The lowest BCUT2D eigenvalue weighted by Crippen LogP contribution is -1.87. The minimum Gasteiger partial charge on any atom is -0.464 e. The number of benzene rings is 2. The summed E-state index contributed by atoms with van der Waals surface area (Å²) in [5, 5.41) is 0. The van der Waals surface area contributed by atoms with Crippen molar-refractivity contribution in [2.75, 3.05) is 0 Å². The fraction of sp³-hybridized carbons (Fsp3) is 0. The van der Waals surface area contributed by atoms with Gasteiger partial charge in [0.1, 0.15) is 11.5 Å². The highest BCUT2D eigenvalue weighted by molar-refractivity contribution is 7.24. The molecule has 2 aliphatic rings. The largest absolute Gasteiger partial charge is 0.464 e. The molecule has 5 aromatic heterocycles. The molecule has 218 valence electrons. The molecule has 0 amide bonds. The molecule has 0 aliphatic carbocycles. The van der Waals surface area contributed by atoms with Crippen LogP contribution in [0.5, 0.6) is 0 Å². The highest BCUT2D eigenvalue weighted by atomic mass is 32.1. The van der Waals surface area contributed by atoms with Crippen molar-refractivity contribution >= 4 is 56.1 Å². The van der Waals surface area contributed by atoms with Crippen molar-refractivity contribution in [3.63, 3.8) is 0 Å². The number of hydrogen-bond acceptors (Lipinski definition) is 5. The summed E-state index contributed by atoms with van der Waals surface area (Å²) in [5.74, 6) is 1.46. The zero-order valence-electron chi connectivity index (χ0n) is 24.5. The number of furan rings is 2. The third-order valence-corrected chi connectivity index (χ3v) is 9.41. The van der Waals surface area contributed by atoms with Crippen molar-refractivity contribution in [2.45, 2.75) is 0 Å². The SMILES string of the molecule is C1=Cc2nc1c(-c1ccco1)c1ccc([nH]1)c(-c1ccco1)c1nc(c(-c3ccccc3)c3ccc(s3)c2-c2ccccc2)C=C1. The van der Waals surface area contributed by atoms with Gasteiger partial charge in [-0.3, -0.25) is 0 Å². The van der Waals surface area contributed by atoms with E-state index in [1.807, 2.05) is 36.4 Å². The number of thiophene rings is 1. The number of hydrogen-bond donors (Lipinski definition) is 1. The van der Waals surface area contributed by atoms with Crippen LogP contribution in [-0.2, 0) is 0 Å². The van der Waals surface area contributed by atoms with Crippen LogP contribution in [0.2, 0.25) is 0 Å². The Bertz CT molecular complexity index is 2280. The molecule has 5 nitrogen and oxygen atoms in total. The summed E-state index contributed by atoms with van der Waals surface area (Å²) in [7, 11) is 0. The van der Waals surface area contributed by atoms with Gasteiger partial charge >= 0.3 is 0 Å². The number of fused-ring (bicyclic) bond motifs is 8. The molecule has 2 aromatic carbocycles. The van der Waals surface area contributed by atoms with Crippen LogP contribution in [0.3, 0.4) is 0 Å². The van der Waals surface area contributed by atoms with Gasteiger partial charge in [-0.05, 0) is 84.0 Å². The number of nitrogens with one attached hydrogen (secondary N) is 1. The minimum atomic E-state index is 0.731. The van der Waals surface area contributed by atoms with E-state index in [2.05, 4.69) is 102 Å². The van der Waals surface area contributed by atoms with E-state index in [-0.39, 0.29) is 0 Å². The van der Waals surface area contributed by atoms with E-state index >= 15 is 0 Å². The summed E-state index contributed by atoms with van der Waals surface area (Å²) in [6, 6.07) is 37.3. The van der Waals surface area contributed by atoms with Crippen molar-refractivity contribution in [3.8, 4) is 44.9 Å². The third kappa shape index (κ3) is 4.47. The Hall–Kier alpha value is -5.98. The van der Waals surface area contributed by atoms with Gasteiger partial charge in [-0.1, -0.05) is 60.7 Å². The minimum absolute atomic E-state index is 0.731. The molecular formula is C40H25N3O2S. The number of aromatic nitrogens is 3. The first-order valence-electron chi connectivity index (χ1n) is 15.1. The highest BCUT2D eigenvalue weighted by Crippen LogP contribution is 2.41. The van der Waals surface area contributed by atoms with Gasteiger partial charge in [-0.15, -0.1) is 11.3 Å². The van der Waals surface area contributed by atoms with Crippen LogP contribution in [0.1, 0.15) is 22.8 Å². The first-order chi connectivity index (χ1) is 22.8. The van der Waals surface area contributed by atoms with Crippen LogP contribution in [0, 0.1) is 0 Å². The van der Waals surface area contributed by atoms with Gasteiger partial charge in [0.05, 0.1) is 57.5 Å². The topological polar surface area (TPSA) is 67.8 Å². The molecule has 0 radical (unpaired) electrons. The zero-order chi connectivity index (χ0) is 30.5. The lowest BCUT2D eigenvalue weighted by molar-refractivity contribution is 0.582. The van der Waals surface area contributed by atoms with E-state index in [0.29, 0.717) is 0 Å². The molecule has 8 bridgehead atoms. The van der Waals surface area contributed by atoms with Crippen molar-refractivity contribution < 1.29 is 8.83 Å². The summed E-state index contributed by atoms with van der Waals surface area (Å²) < 4.78 is 14.2. The Morgan fingerprint density at radius 1 is 0.435 bits per heavy atom. The molecule has 0 atom stereocenters. The van der Waals surface area contributed by atoms with E-state index in [0.717, 1.165) is 88.1 Å². The van der Waals surface area contributed by atoms with Crippen molar-refractivity contribution in [1.29, 1.82) is 0 Å². The first-order valence-corrected chi connectivity index (χ1v) is 15.9. The van der Waals surface area contributed by atoms with Crippen LogP contribution in [-0.4, -0.2) is 15.0 Å². The van der Waals surface area contributed by atoms with Gasteiger partial charge in [-0.2, -0.15) is 0 Å². The predicted octanol–water partition coefficient (Wildman–Crippen LogP) is 11.2. The molecule has 6 heteroatoms. The molecule has 7 aromatic rings. The Labute approximate surface area is 268 Å². The molecule has 0 spiro atoms. The molecule has 9 rings (SSSR count). The maximum atomic E-state index is 5.98. The second kappa shape index (κ2) is 10.9. The predicted molar refractivity (Wildman–Crippen MR) is 189 cm³/mol. The van der Waals surface area contributed by atoms with Crippen LogP contribution < -0.4 is 0 Å². The molecule has 0 fully saturated rings. The van der Waals surface area contributed by atoms with E-state index < -0.39 is 0 Å². The van der Waals surface area contributed by atoms with Gasteiger partial charge < -0.3 is 13.8 Å². The number of rotatable bonds is 4. The Morgan fingerprint density at radius 3 is 1.28 bits per heavy atom. The number of H-pyrrole nitrogens is 1. The lowest BCUT2D eigenvalue weighted by atomic mass is 10.0. The van der Waals surface area contributed by atoms with Crippen LogP contribution in [0.15, 0.2) is 131 Å². The summed E-state index contributed by atoms with van der Waals surface area (Å²) in [6.07, 6.45) is 11.8. The lowest BCUT2D eigenvalue weighted by Gasteiger charge is -2.05. The van der Waals surface area contributed by atoms with Gasteiger partial charge in [0, 0.05) is 20.5 Å². The number of nitrogens with zero attached hydrogens (tertiary/aromatic N) is 2. The standard InChI is InChI=1S/C40H25N3O2S/c1-3-9-25(10-4-1)37-27-15-17-29(41-27)39(33-13-7-23-44-33)31-19-20-32(43-31)40(34-14-8-24-45-34)30-18-16-28(42-30)38(26-11-5-2-6-12-26)36-22-21-35(37)46-36/h1-24,43H. The van der Waals surface area contributed by atoms with Gasteiger partial charge in [0.15, 0.2) is 0 Å². The van der Waals surface area contributed by atoms with E-state index in [4.69, 9.17) is 18.8 Å². The van der Waals surface area contributed by atoms with E-state index in [9.17, 15) is 0 Å². The Morgan fingerprint density at radius 2 is 0.870 bits per heavy atom. The molecule has 1 N–H and O–H groups in total. The van der Waals surface area contributed by atoms with Gasteiger partial charge in [0.25, 0.3) is 0 Å². The summed E-state index contributed by atoms with van der Waals surface area (Å²) in [6.45, 7) is 0. The smallest absolute Gasteiger partial charge is 0.138 e. The van der Waals surface area contributed by atoms with Crippen molar-refractivity contribution in [2.24, 2.45) is 0 Å². The Kier molecular flexibility index (Phi) is 6.25.